The molecule has 1 N–H and O–H groups in total. The third-order valence-corrected chi connectivity index (χ3v) is 3.37. The predicted molar refractivity (Wildman–Crippen MR) is 64.3 cm³/mol. The summed E-state index contributed by atoms with van der Waals surface area (Å²) >= 11 is 1.77. The normalized spacial score (nSPS) is 12.7. The van der Waals surface area contributed by atoms with Crippen molar-refractivity contribution in [2.75, 3.05) is 5.32 Å². The second-order valence-corrected chi connectivity index (χ2v) is 4.45. The highest BCUT2D eigenvalue weighted by Crippen LogP contribution is 2.22. The predicted octanol–water partition coefficient (Wildman–Crippen LogP) is 3.14. The van der Waals surface area contributed by atoms with Crippen molar-refractivity contribution >= 4 is 17.0 Å². The molecule has 2 aromatic rings. The van der Waals surface area contributed by atoms with Gasteiger partial charge in [0.1, 0.15) is 0 Å². The van der Waals surface area contributed by atoms with Gasteiger partial charge in [-0.3, -0.25) is 4.68 Å². The molecule has 0 unspecified atom stereocenters. The van der Waals surface area contributed by atoms with Gasteiger partial charge in [-0.05, 0) is 25.3 Å². The molecule has 0 radical (unpaired) electrons. The minimum Gasteiger partial charge on any atom is -0.375 e. The summed E-state index contributed by atoms with van der Waals surface area (Å²) in [6, 6.07) is 4.57. The number of nitrogens with zero attached hydrogens (tertiary/aromatic N) is 2. The Morgan fingerprint density at radius 3 is 3.07 bits per heavy atom. The number of aromatic nitrogens is 2. The van der Waals surface area contributed by atoms with E-state index in [4.69, 9.17) is 0 Å². The van der Waals surface area contributed by atoms with Crippen LogP contribution in [0, 0.1) is 0 Å². The molecular weight excluding hydrogens is 206 g/mol. The number of anilines is 1. The highest BCUT2D eigenvalue weighted by Gasteiger charge is 2.06. The van der Waals surface area contributed by atoms with Gasteiger partial charge in [0, 0.05) is 17.6 Å². The number of thiophene rings is 1. The third-order valence-electron chi connectivity index (χ3n) is 2.31. The maximum Gasteiger partial charge on any atom is 0.0731 e. The maximum atomic E-state index is 4.23. The molecule has 80 valence electrons. The van der Waals surface area contributed by atoms with Crippen LogP contribution in [0.15, 0.2) is 29.9 Å². The van der Waals surface area contributed by atoms with E-state index in [9.17, 15) is 0 Å². The fourth-order valence-corrected chi connectivity index (χ4v) is 2.20. The van der Waals surface area contributed by atoms with Gasteiger partial charge in [0.05, 0.1) is 17.9 Å². The second kappa shape index (κ2) is 4.49. The van der Waals surface area contributed by atoms with Crippen LogP contribution in [0.4, 0.5) is 5.69 Å². The maximum absolute atomic E-state index is 4.23. The van der Waals surface area contributed by atoms with Gasteiger partial charge in [0.15, 0.2) is 0 Å². The van der Waals surface area contributed by atoms with E-state index in [1.54, 1.807) is 11.3 Å². The number of rotatable bonds is 4. The molecule has 2 heterocycles. The van der Waals surface area contributed by atoms with Crippen LogP contribution >= 0.6 is 11.3 Å². The van der Waals surface area contributed by atoms with E-state index >= 15 is 0 Å². The molecule has 2 rings (SSSR count). The van der Waals surface area contributed by atoms with Crippen molar-refractivity contribution in [3.63, 3.8) is 0 Å². The van der Waals surface area contributed by atoms with Crippen LogP contribution in [0.3, 0.4) is 0 Å². The Hall–Kier alpha value is -1.29. The number of aryl methyl sites for hydroxylation is 1. The smallest absolute Gasteiger partial charge is 0.0731 e. The van der Waals surface area contributed by atoms with Gasteiger partial charge in [-0.1, -0.05) is 6.07 Å². The Labute approximate surface area is 93.7 Å². The Morgan fingerprint density at radius 2 is 2.47 bits per heavy atom. The Bertz CT molecular complexity index is 405. The Balaban J connectivity index is 2.02. The van der Waals surface area contributed by atoms with Crippen LogP contribution in [0.25, 0.3) is 0 Å². The summed E-state index contributed by atoms with van der Waals surface area (Å²) in [5.41, 5.74) is 1.08. The number of nitrogens with one attached hydrogen (secondary N) is 1. The average molecular weight is 221 g/mol. The van der Waals surface area contributed by atoms with Crippen LogP contribution in [-0.4, -0.2) is 9.78 Å². The molecule has 0 aromatic carbocycles. The lowest BCUT2D eigenvalue weighted by molar-refractivity contribution is 0.660. The van der Waals surface area contributed by atoms with Crippen LogP contribution in [0.1, 0.15) is 24.8 Å². The molecule has 3 nitrogen and oxygen atoms in total. The van der Waals surface area contributed by atoms with Crippen LogP contribution in [0.2, 0.25) is 0 Å². The molecule has 0 saturated heterocycles. The van der Waals surface area contributed by atoms with Gasteiger partial charge in [-0.15, -0.1) is 11.3 Å². The zero-order chi connectivity index (χ0) is 10.7. The van der Waals surface area contributed by atoms with Crippen molar-refractivity contribution in [3.8, 4) is 0 Å². The van der Waals surface area contributed by atoms with Gasteiger partial charge in [-0.25, -0.2) is 0 Å². The summed E-state index contributed by atoms with van der Waals surface area (Å²) in [6.45, 7) is 5.16. The molecule has 0 bridgehead atoms. The number of hydrogen-bond donors (Lipinski definition) is 1. The topological polar surface area (TPSA) is 29.9 Å². The van der Waals surface area contributed by atoms with Crippen molar-refractivity contribution in [2.24, 2.45) is 0 Å². The molecule has 0 aliphatic rings. The van der Waals surface area contributed by atoms with E-state index in [1.165, 1.54) is 4.88 Å². The summed E-state index contributed by atoms with van der Waals surface area (Å²) in [5, 5.41) is 9.75. The molecule has 0 amide bonds. The summed E-state index contributed by atoms with van der Waals surface area (Å²) < 4.78 is 1.92. The molecule has 0 fully saturated rings. The summed E-state index contributed by atoms with van der Waals surface area (Å²) in [7, 11) is 0. The van der Waals surface area contributed by atoms with Gasteiger partial charge in [-0.2, -0.15) is 5.10 Å². The highest BCUT2D eigenvalue weighted by atomic mass is 32.1. The largest absolute Gasteiger partial charge is 0.375 e. The quantitative estimate of drug-likeness (QED) is 0.859. The molecule has 0 aliphatic carbocycles. The Kier molecular flexibility index (Phi) is 3.06. The Morgan fingerprint density at radius 1 is 1.60 bits per heavy atom. The van der Waals surface area contributed by atoms with E-state index in [0.717, 1.165) is 12.2 Å². The first-order valence-corrected chi connectivity index (χ1v) is 6.00. The van der Waals surface area contributed by atoms with Crippen LogP contribution in [-0.2, 0) is 6.54 Å². The lowest BCUT2D eigenvalue weighted by Gasteiger charge is -2.10. The first-order valence-electron chi connectivity index (χ1n) is 5.12. The monoisotopic (exact) mass is 221 g/mol. The van der Waals surface area contributed by atoms with Crippen molar-refractivity contribution < 1.29 is 0 Å². The minimum absolute atomic E-state index is 0.347. The highest BCUT2D eigenvalue weighted by molar-refractivity contribution is 7.10. The van der Waals surface area contributed by atoms with Crippen molar-refractivity contribution in [1.82, 2.24) is 9.78 Å². The van der Waals surface area contributed by atoms with Gasteiger partial charge in [0.2, 0.25) is 0 Å². The first kappa shape index (κ1) is 10.2. The summed E-state index contributed by atoms with van der Waals surface area (Å²) in [6.07, 6.45) is 3.90. The summed E-state index contributed by atoms with van der Waals surface area (Å²) in [4.78, 5) is 1.35. The first-order chi connectivity index (χ1) is 7.29. The lowest BCUT2D eigenvalue weighted by Crippen LogP contribution is -2.03. The molecule has 0 saturated carbocycles. The molecular formula is C11H15N3S. The fourth-order valence-electron chi connectivity index (χ4n) is 1.47. The van der Waals surface area contributed by atoms with Gasteiger partial charge >= 0.3 is 0 Å². The van der Waals surface area contributed by atoms with Crippen molar-refractivity contribution in [2.45, 2.75) is 26.4 Å². The van der Waals surface area contributed by atoms with E-state index < -0.39 is 0 Å². The lowest BCUT2D eigenvalue weighted by atomic mass is 10.3. The zero-order valence-electron chi connectivity index (χ0n) is 8.97. The van der Waals surface area contributed by atoms with E-state index in [0.29, 0.717) is 6.04 Å². The van der Waals surface area contributed by atoms with E-state index in [2.05, 4.69) is 41.8 Å². The van der Waals surface area contributed by atoms with Crippen LogP contribution < -0.4 is 5.32 Å². The van der Waals surface area contributed by atoms with Crippen molar-refractivity contribution in [3.05, 3.63) is 34.8 Å². The SMILES string of the molecule is CCn1cc(N[C@H](C)c2cccs2)cn1. The molecule has 1 atom stereocenters. The van der Waals surface area contributed by atoms with Crippen molar-refractivity contribution in [1.29, 1.82) is 0 Å². The van der Waals surface area contributed by atoms with E-state index in [1.807, 2.05) is 17.1 Å². The van der Waals surface area contributed by atoms with Gasteiger partial charge in [0.25, 0.3) is 0 Å². The molecule has 15 heavy (non-hydrogen) atoms. The minimum atomic E-state index is 0.347. The van der Waals surface area contributed by atoms with Crippen LogP contribution in [0.5, 0.6) is 0 Å². The average Bonchev–Trinajstić information content (AvgIpc) is 2.87. The third kappa shape index (κ3) is 2.39. The molecule has 2 aromatic heterocycles. The number of hydrogen-bond acceptors (Lipinski definition) is 3. The standard InChI is InChI=1S/C11H15N3S/c1-3-14-8-10(7-12-14)13-9(2)11-5-4-6-15-11/h4-9,13H,3H2,1-2H3/t9-/m1/s1. The second-order valence-electron chi connectivity index (χ2n) is 3.47. The van der Waals surface area contributed by atoms with Gasteiger partial charge < -0.3 is 5.32 Å². The zero-order valence-corrected chi connectivity index (χ0v) is 9.79. The fraction of sp³-hybridized carbons (Fsp3) is 0.364. The molecule has 4 heteroatoms. The molecule has 0 aliphatic heterocycles. The molecule has 0 spiro atoms. The summed E-state index contributed by atoms with van der Waals surface area (Å²) in [5.74, 6) is 0. The van der Waals surface area contributed by atoms with E-state index in [-0.39, 0.29) is 0 Å².